The van der Waals surface area contributed by atoms with Crippen LogP contribution in [0, 0.1) is 0 Å². The Kier molecular flexibility index (Phi) is 7.16. The van der Waals surface area contributed by atoms with Gasteiger partial charge in [-0.3, -0.25) is 4.57 Å². The molecule has 7 aromatic carbocycles. The van der Waals surface area contributed by atoms with Crippen LogP contribution in [0.25, 0.3) is 104 Å². The predicted octanol–water partition coefficient (Wildman–Crippen LogP) is 13.2. The molecule has 268 valence electrons. The van der Waals surface area contributed by atoms with Gasteiger partial charge in [-0.05, 0) is 78.1 Å². The number of thiophene rings is 1. The lowest BCUT2D eigenvalue weighted by atomic mass is 9.98. The lowest BCUT2D eigenvalue weighted by molar-refractivity contribution is 0.902. The first kappa shape index (κ1) is 32.1. The summed E-state index contributed by atoms with van der Waals surface area (Å²) in [6, 6.07) is 58.6. The number of hydrogen-bond acceptors (Lipinski definition) is 4. The Labute approximate surface area is 332 Å². The highest BCUT2D eigenvalue weighted by Crippen LogP contribution is 2.42. The van der Waals surface area contributed by atoms with Gasteiger partial charge in [0.1, 0.15) is 0 Å². The third kappa shape index (κ3) is 5.11. The maximum Gasteiger partial charge on any atom is 0.238 e. The van der Waals surface area contributed by atoms with Crippen LogP contribution in [0.1, 0.15) is 17.7 Å². The van der Waals surface area contributed by atoms with Crippen molar-refractivity contribution >= 4 is 70.3 Å². The molecule has 0 atom stereocenters. The van der Waals surface area contributed by atoms with Gasteiger partial charge in [0.05, 0.1) is 22.2 Å². The van der Waals surface area contributed by atoms with Crippen molar-refractivity contribution in [1.82, 2.24) is 24.1 Å². The van der Waals surface area contributed by atoms with Crippen molar-refractivity contribution in [1.29, 1.82) is 0 Å². The largest absolute Gasteiger partial charge is 0.309 e. The van der Waals surface area contributed by atoms with Crippen LogP contribution in [0.4, 0.5) is 0 Å². The fourth-order valence-electron chi connectivity index (χ4n) is 8.80. The topological polar surface area (TPSA) is 48.5 Å². The molecule has 0 saturated carbocycles. The predicted molar refractivity (Wildman–Crippen MR) is 238 cm³/mol. The molecule has 0 spiro atoms. The summed E-state index contributed by atoms with van der Waals surface area (Å²) in [4.78, 5) is 15.4. The van der Waals surface area contributed by atoms with Crippen LogP contribution in [0.5, 0.6) is 0 Å². The fourth-order valence-corrected chi connectivity index (χ4v) is 9.92. The monoisotopic (exact) mass is 747 g/mol. The summed E-state index contributed by atoms with van der Waals surface area (Å²) >= 11 is 1.87. The molecule has 6 heteroatoms. The van der Waals surface area contributed by atoms with Crippen molar-refractivity contribution in [2.45, 2.75) is 12.8 Å². The van der Waals surface area contributed by atoms with Gasteiger partial charge in [-0.2, -0.15) is 9.97 Å². The molecule has 0 N–H and O–H groups in total. The van der Waals surface area contributed by atoms with Crippen molar-refractivity contribution in [2.24, 2.45) is 0 Å². The summed E-state index contributed by atoms with van der Waals surface area (Å²) in [6.07, 6.45) is 6.47. The number of aryl methyl sites for hydroxylation is 1. The second-order valence-electron chi connectivity index (χ2n) is 14.8. The van der Waals surface area contributed by atoms with Crippen LogP contribution in [-0.2, 0) is 6.42 Å². The van der Waals surface area contributed by atoms with Gasteiger partial charge in [-0.15, -0.1) is 11.3 Å². The van der Waals surface area contributed by atoms with E-state index in [2.05, 4.69) is 149 Å². The zero-order valence-corrected chi connectivity index (χ0v) is 31.6. The Morgan fingerprint density at radius 2 is 1.05 bits per heavy atom. The molecule has 0 unspecified atom stereocenters. The van der Waals surface area contributed by atoms with E-state index in [-0.39, 0.29) is 0 Å². The molecular formula is C51H33N5S. The van der Waals surface area contributed by atoms with Crippen molar-refractivity contribution in [3.05, 3.63) is 181 Å². The zero-order valence-electron chi connectivity index (χ0n) is 30.8. The molecule has 4 heterocycles. The SMILES string of the molecule is C1=Cc2c(c3ccc(-c4ccc5c6cc7sc8ccccc8c7cc6n(-c6ccccc6)c5c4)cc3n2-c2nc(-c3ccccc3)nc(-c3ccccc3)n2)CC1. The van der Waals surface area contributed by atoms with Crippen molar-refractivity contribution < 1.29 is 0 Å². The van der Waals surface area contributed by atoms with E-state index in [1.165, 1.54) is 52.9 Å². The van der Waals surface area contributed by atoms with Crippen LogP contribution < -0.4 is 0 Å². The normalized spacial score (nSPS) is 12.7. The average Bonchev–Trinajstić information content (AvgIpc) is 3.93. The quantitative estimate of drug-likeness (QED) is 0.176. The molecule has 0 bridgehead atoms. The minimum Gasteiger partial charge on any atom is -0.309 e. The van der Waals surface area contributed by atoms with E-state index in [1.54, 1.807) is 0 Å². The van der Waals surface area contributed by atoms with E-state index in [1.807, 2.05) is 47.7 Å². The first-order valence-electron chi connectivity index (χ1n) is 19.4. The lowest BCUT2D eigenvalue weighted by Gasteiger charge is -2.13. The molecule has 0 aliphatic heterocycles. The number of nitrogens with zero attached hydrogens (tertiary/aromatic N) is 5. The molecule has 5 nitrogen and oxygen atoms in total. The number of fused-ring (bicyclic) bond motifs is 9. The summed E-state index contributed by atoms with van der Waals surface area (Å²) in [5.74, 6) is 1.92. The van der Waals surface area contributed by atoms with Crippen LogP contribution in [0.15, 0.2) is 170 Å². The summed E-state index contributed by atoms with van der Waals surface area (Å²) < 4.78 is 7.32. The van der Waals surface area contributed by atoms with Crippen LogP contribution in [0.3, 0.4) is 0 Å². The van der Waals surface area contributed by atoms with Gasteiger partial charge in [0, 0.05) is 53.1 Å². The number of para-hydroxylation sites is 1. The number of rotatable bonds is 5. The molecule has 1 aliphatic rings. The van der Waals surface area contributed by atoms with Crippen LogP contribution in [-0.4, -0.2) is 24.1 Å². The summed E-state index contributed by atoms with van der Waals surface area (Å²) in [5.41, 5.74) is 11.3. The van der Waals surface area contributed by atoms with Gasteiger partial charge in [-0.25, -0.2) is 4.98 Å². The van der Waals surface area contributed by atoms with E-state index >= 15 is 0 Å². The Bertz CT molecular complexity index is 3330. The smallest absolute Gasteiger partial charge is 0.238 e. The molecule has 0 fully saturated rings. The second-order valence-corrected chi connectivity index (χ2v) is 15.8. The van der Waals surface area contributed by atoms with Gasteiger partial charge in [-0.1, -0.05) is 127 Å². The highest BCUT2D eigenvalue weighted by molar-refractivity contribution is 7.25. The molecular weight excluding hydrogens is 715 g/mol. The number of benzene rings is 7. The fraction of sp³-hybridized carbons (Fsp3) is 0.0392. The Hall–Kier alpha value is -7.15. The second kappa shape index (κ2) is 12.7. The molecule has 0 saturated heterocycles. The highest BCUT2D eigenvalue weighted by atomic mass is 32.1. The molecule has 11 aromatic rings. The third-order valence-electron chi connectivity index (χ3n) is 11.5. The Balaban J connectivity index is 1.09. The van der Waals surface area contributed by atoms with Gasteiger partial charge in [0.2, 0.25) is 5.95 Å². The van der Waals surface area contributed by atoms with Crippen molar-refractivity contribution in [3.63, 3.8) is 0 Å². The van der Waals surface area contributed by atoms with Crippen molar-refractivity contribution in [3.8, 4) is 45.5 Å². The Morgan fingerprint density at radius 3 is 1.77 bits per heavy atom. The minimum absolute atomic E-state index is 0.616. The summed E-state index contributed by atoms with van der Waals surface area (Å²) in [7, 11) is 0. The number of hydrogen-bond donors (Lipinski definition) is 0. The average molecular weight is 748 g/mol. The molecule has 4 aromatic heterocycles. The maximum absolute atomic E-state index is 5.18. The first-order chi connectivity index (χ1) is 28.2. The van der Waals surface area contributed by atoms with E-state index in [0.29, 0.717) is 17.6 Å². The number of aromatic nitrogens is 5. The van der Waals surface area contributed by atoms with E-state index < -0.39 is 0 Å². The number of allylic oxidation sites excluding steroid dienone is 1. The molecule has 0 radical (unpaired) electrons. The standard InChI is InChI=1S/C51H33N5S/c1-4-14-32(15-5-1)49-52-50(33-16-6-2-7-17-33)54-51(53-49)56-43-22-12-10-20-37(43)38-26-24-35(29-45(38)56)34-25-27-39-41-31-48-42(40-21-11-13-23-47(40)57-48)30-46(41)55(44(39)28-34)36-18-8-3-9-19-36/h1-9,11-19,21-31H,10,20H2. The minimum atomic E-state index is 0.616. The highest BCUT2D eigenvalue weighted by Gasteiger charge is 2.23. The van der Waals surface area contributed by atoms with Gasteiger partial charge in [0.15, 0.2) is 11.6 Å². The first-order valence-corrected chi connectivity index (χ1v) is 20.2. The van der Waals surface area contributed by atoms with E-state index in [9.17, 15) is 0 Å². The lowest BCUT2D eigenvalue weighted by Crippen LogP contribution is -2.08. The third-order valence-corrected chi connectivity index (χ3v) is 12.6. The van der Waals surface area contributed by atoms with Gasteiger partial charge >= 0.3 is 0 Å². The van der Waals surface area contributed by atoms with Crippen molar-refractivity contribution in [2.75, 3.05) is 0 Å². The van der Waals surface area contributed by atoms with Crippen LogP contribution >= 0.6 is 11.3 Å². The zero-order chi connectivity index (χ0) is 37.5. The summed E-state index contributed by atoms with van der Waals surface area (Å²) in [5, 5.41) is 6.35. The van der Waals surface area contributed by atoms with Gasteiger partial charge in [0.25, 0.3) is 0 Å². The maximum atomic E-state index is 5.18. The molecule has 12 rings (SSSR count). The summed E-state index contributed by atoms with van der Waals surface area (Å²) in [6.45, 7) is 0. The van der Waals surface area contributed by atoms with Crippen LogP contribution in [0.2, 0.25) is 0 Å². The van der Waals surface area contributed by atoms with E-state index in [0.717, 1.165) is 52.0 Å². The van der Waals surface area contributed by atoms with Gasteiger partial charge < -0.3 is 4.57 Å². The molecule has 57 heavy (non-hydrogen) atoms. The molecule has 0 amide bonds. The molecule has 1 aliphatic carbocycles. The Morgan fingerprint density at radius 1 is 0.439 bits per heavy atom. The van der Waals surface area contributed by atoms with E-state index in [4.69, 9.17) is 15.0 Å².